The molecule has 5 nitrogen and oxygen atoms in total. The molecule has 2 aromatic carbocycles. The highest BCUT2D eigenvalue weighted by atomic mass is 19.4. The van der Waals surface area contributed by atoms with Crippen molar-refractivity contribution in [1.29, 1.82) is 0 Å². The van der Waals surface area contributed by atoms with Crippen LogP contribution in [0.2, 0.25) is 0 Å². The molecular formula is C25H23F3N2O3. The molecular weight excluding hydrogens is 433 g/mol. The van der Waals surface area contributed by atoms with Crippen LogP contribution in [0.4, 0.5) is 13.2 Å². The SMILES string of the molecule is Cc1cc(OCc2cccc3cn(C4=CC=C(C(F)(F)F)CC4)nc23)ccc1CCC(=O)O. The van der Waals surface area contributed by atoms with Gasteiger partial charge in [0.05, 0.1) is 5.52 Å². The maximum atomic E-state index is 12.9. The van der Waals surface area contributed by atoms with Gasteiger partial charge in [-0.15, -0.1) is 0 Å². The van der Waals surface area contributed by atoms with Crippen molar-refractivity contribution in [1.82, 2.24) is 9.78 Å². The van der Waals surface area contributed by atoms with Gasteiger partial charge in [-0.25, -0.2) is 4.68 Å². The molecule has 0 saturated carbocycles. The Hall–Kier alpha value is -3.55. The Morgan fingerprint density at radius 2 is 1.97 bits per heavy atom. The summed E-state index contributed by atoms with van der Waals surface area (Å²) in [5.74, 6) is -0.161. The number of fused-ring (bicyclic) bond motifs is 1. The second-order valence-corrected chi connectivity index (χ2v) is 8.05. The number of rotatable bonds is 7. The number of hydrogen-bond donors (Lipinski definition) is 1. The van der Waals surface area contributed by atoms with Gasteiger partial charge in [0.2, 0.25) is 0 Å². The number of ether oxygens (including phenoxy) is 1. The molecule has 1 aromatic heterocycles. The topological polar surface area (TPSA) is 64.4 Å². The Morgan fingerprint density at radius 3 is 2.64 bits per heavy atom. The summed E-state index contributed by atoms with van der Waals surface area (Å²) < 4.78 is 46.2. The lowest BCUT2D eigenvalue weighted by atomic mass is 10.0. The molecule has 0 saturated heterocycles. The monoisotopic (exact) mass is 456 g/mol. The lowest BCUT2D eigenvalue weighted by Gasteiger charge is -2.16. The number of benzene rings is 2. The minimum Gasteiger partial charge on any atom is -0.489 e. The molecule has 0 atom stereocenters. The predicted molar refractivity (Wildman–Crippen MR) is 119 cm³/mol. The number of allylic oxidation sites excluding steroid dienone is 4. The van der Waals surface area contributed by atoms with Gasteiger partial charge in [0.15, 0.2) is 0 Å². The van der Waals surface area contributed by atoms with Crippen LogP contribution in [-0.2, 0) is 17.8 Å². The Bertz CT molecular complexity index is 1260. The summed E-state index contributed by atoms with van der Waals surface area (Å²) in [6, 6.07) is 11.3. The first-order valence-corrected chi connectivity index (χ1v) is 10.6. The number of aromatic nitrogens is 2. The minimum atomic E-state index is -4.30. The fraction of sp³-hybridized carbons (Fsp3) is 0.280. The second kappa shape index (κ2) is 9.13. The summed E-state index contributed by atoms with van der Waals surface area (Å²) in [6.45, 7) is 2.20. The fourth-order valence-corrected chi connectivity index (χ4v) is 3.86. The predicted octanol–water partition coefficient (Wildman–Crippen LogP) is 6.06. The molecule has 0 unspecified atom stereocenters. The Labute approximate surface area is 188 Å². The third-order valence-corrected chi connectivity index (χ3v) is 5.72. The van der Waals surface area contributed by atoms with Gasteiger partial charge < -0.3 is 9.84 Å². The van der Waals surface area contributed by atoms with Crippen LogP contribution in [0.3, 0.4) is 0 Å². The van der Waals surface area contributed by atoms with E-state index in [2.05, 4.69) is 5.10 Å². The molecule has 1 heterocycles. The highest BCUT2D eigenvalue weighted by Crippen LogP contribution is 2.34. The van der Waals surface area contributed by atoms with Crippen LogP contribution in [-0.4, -0.2) is 27.0 Å². The van der Waals surface area contributed by atoms with Gasteiger partial charge in [0.1, 0.15) is 12.4 Å². The molecule has 0 spiro atoms. The highest BCUT2D eigenvalue weighted by molar-refractivity contribution is 5.82. The van der Waals surface area contributed by atoms with Crippen molar-refractivity contribution in [3.63, 3.8) is 0 Å². The van der Waals surface area contributed by atoms with Gasteiger partial charge in [0.25, 0.3) is 0 Å². The van der Waals surface area contributed by atoms with Crippen LogP contribution >= 0.6 is 0 Å². The highest BCUT2D eigenvalue weighted by Gasteiger charge is 2.34. The van der Waals surface area contributed by atoms with Crippen LogP contribution in [0.5, 0.6) is 5.75 Å². The van der Waals surface area contributed by atoms with Gasteiger partial charge in [-0.2, -0.15) is 18.3 Å². The summed E-state index contributed by atoms with van der Waals surface area (Å²) in [7, 11) is 0. The molecule has 33 heavy (non-hydrogen) atoms. The van der Waals surface area contributed by atoms with Gasteiger partial charge >= 0.3 is 12.1 Å². The van der Waals surface area contributed by atoms with E-state index in [0.29, 0.717) is 17.9 Å². The maximum absolute atomic E-state index is 12.9. The van der Waals surface area contributed by atoms with Crippen molar-refractivity contribution in [3.8, 4) is 5.75 Å². The van der Waals surface area contributed by atoms with Crippen LogP contribution in [0.15, 0.2) is 60.3 Å². The number of carboxylic acids is 1. The van der Waals surface area contributed by atoms with Crippen LogP contribution in [0, 0.1) is 6.92 Å². The zero-order valence-electron chi connectivity index (χ0n) is 18.0. The van der Waals surface area contributed by atoms with Crippen LogP contribution in [0.1, 0.15) is 36.0 Å². The summed E-state index contributed by atoms with van der Waals surface area (Å²) in [5, 5.41) is 14.4. The molecule has 0 fully saturated rings. The quantitative estimate of drug-likeness (QED) is 0.469. The van der Waals surface area contributed by atoms with Crippen molar-refractivity contribution in [2.75, 3.05) is 0 Å². The van der Waals surface area contributed by atoms with E-state index in [0.717, 1.165) is 33.7 Å². The Morgan fingerprint density at radius 1 is 1.15 bits per heavy atom. The molecule has 4 rings (SSSR count). The molecule has 0 aliphatic heterocycles. The van der Waals surface area contributed by atoms with Crippen LogP contribution < -0.4 is 4.74 Å². The van der Waals surface area contributed by atoms with Crippen LogP contribution in [0.25, 0.3) is 16.6 Å². The largest absolute Gasteiger partial charge is 0.489 e. The van der Waals surface area contributed by atoms with Gasteiger partial charge in [-0.3, -0.25) is 4.79 Å². The maximum Gasteiger partial charge on any atom is 0.412 e. The average molecular weight is 456 g/mol. The molecule has 8 heteroatoms. The Balaban J connectivity index is 1.50. The average Bonchev–Trinajstić information content (AvgIpc) is 3.21. The molecule has 0 bridgehead atoms. The van der Waals surface area contributed by atoms with Gasteiger partial charge in [-0.1, -0.05) is 30.3 Å². The first-order valence-electron chi connectivity index (χ1n) is 10.6. The van der Waals surface area contributed by atoms with Gasteiger partial charge in [0, 0.05) is 34.8 Å². The lowest BCUT2D eigenvalue weighted by Crippen LogP contribution is -2.14. The van der Waals surface area contributed by atoms with Gasteiger partial charge in [-0.05, 0) is 55.5 Å². The zero-order valence-corrected chi connectivity index (χ0v) is 18.0. The molecule has 1 aliphatic carbocycles. The number of aryl methyl sites for hydroxylation is 2. The number of alkyl halides is 3. The normalized spacial score (nSPS) is 14.2. The number of nitrogens with zero attached hydrogens (tertiary/aromatic N) is 2. The fourth-order valence-electron chi connectivity index (χ4n) is 3.86. The van der Waals surface area contributed by atoms with E-state index in [-0.39, 0.29) is 25.9 Å². The molecule has 3 aromatic rings. The summed E-state index contributed by atoms with van der Waals surface area (Å²) in [6.07, 6.45) is 0.860. The van der Waals surface area contributed by atoms with E-state index in [1.54, 1.807) is 4.68 Å². The smallest absolute Gasteiger partial charge is 0.412 e. The second-order valence-electron chi connectivity index (χ2n) is 8.05. The molecule has 172 valence electrons. The number of hydrogen-bond acceptors (Lipinski definition) is 3. The summed E-state index contributed by atoms with van der Waals surface area (Å²) in [5.41, 5.74) is 3.71. The van der Waals surface area contributed by atoms with E-state index in [1.165, 1.54) is 6.08 Å². The van der Waals surface area contributed by atoms with Crippen molar-refractivity contribution >= 4 is 22.6 Å². The third kappa shape index (κ3) is 5.27. The minimum absolute atomic E-state index is 0.0662. The standard InChI is InChI=1S/C25H23F3N2O3/c1-16-13-22(11-5-17(16)6-12-23(31)32)33-15-19-4-2-3-18-14-30(29-24(18)19)21-9-7-20(8-10-21)25(26,27)28/h2-5,7,9,11,13-14H,6,8,10,12,15H2,1H3,(H,31,32). The molecule has 1 N–H and O–H groups in total. The number of carboxylic acid groups (broad SMARTS) is 1. The molecule has 1 aliphatic rings. The summed E-state index contributed by atoms with van der Waals surface area (Å²) in [4.78, 5) is 10.8. The molecule has 0 radical (unpaired) electrons. The zero-order chi connectivity index (χ0) is 23.6. The van der Waals surface area contributed by atoms with E-state index in [9.17, 15) is 18.0 Å². The van der Waals surface area contributed by atoms with Crippen molar-refractivity contribution < 1.29 is 27.8 Å². The third-order valence-electron chi connectivity index (χ3n) is 5.72. The first-order chi connectivity index (χ1) is 15.7. The van der Waals surface area contributed by atoms with E-state index in [4.69, 9.17) is 9.84 Å². The number of aliphatic carboxylic acids is 1. The summed E-state index contributed by atoms with van der Waals surface area (Å²) >= 11 is 0. The number of halogens is 3. The first kappa shape index (κ1) is 22.6. The van der Waals surface area contributed by atoms with E-state index >= 15 is 0 Å². The van der Waals surface area contributed by atoms with Crippen molar-refractivity contribution in [2.45, 2.75) is 45.4 Å². The molecule has 0 amide bonds. The van der Waals surface area contributed by atoms with Crippen molar-refractivity contribution in [2.24, 2.45) is 0 Å². The lowest BCUT2D eigenvalue weighted by molar-refractivity contribution is -0.136. The Kier molecular flexibility index (Phi) is 6.26. The van der Waals surface area contributed by atoms with E-state index in [1.807, 2.05) is 49.5 Å². The number of carbonyl (C=O) groups is 1. The van der Waals surface area contributed by atoms with E-state index < -0.39 is 17.7 Å². The van der Waals surface area contributed by atoms with Crippen molar-refractivity contribution in [3.05, 3.63) is 77.0 Å².